The predicted molar refractivity (Wildman–Crippen MR) is 50.9 cm³/mol. The molecule has 60 valence electrons. The van der Waals surface area contributed by atoms with Gasteiger partial charge in [0.2, 0.25) is 0 Å². The summed E-state index contributed by atoms with van der Waals surface area (Å²) in [6.07, 6.45) is 0. The van der Waals surface area contributed by atoms with E-state index >= 15 is 0 Å². The second kappa shape index (κ2) is 2.89. The van der Waals surface area contributed by atoms with Gasteiger partial charge in [0.25, 0.3) is 0 Å². The Bertz CT molecular complexity index is 395. The summed E-state index contributed by atoms with van der Waals surface area (Å²) in [6.45, 7) is 1.64. The van der Waals surface area contributed by atoms with Crippen molar-refractivity contribution in [1.82, 2.24) is 0 Å². The molecule has 2 rings (SSSR count). The van der Waals surface area contributed by atoms with Crippen LogP contribution in [-0.2, 0) is 0 Å². The normalized spacial score (nSPS) is 10.4. The summed E-state index contributed by atoms with van der Waals surface area (Å²) in [7, 11) is 0. The topological polar surface area (TPSA) is 17.1 Å². The van der Waals surface area contributed by atoms with Crippen molar-refractivity contribution in [3.8, 4) is 0 Å². The predicted octanol–water partition coefficient (Wildman–Crippen LogP) is 2.10. The number of rotatable bonds is 1. The minimum absolute atomic E-state index is 0.214. The van der Waals surface area contributed by atoms with Crippen LogP contribution in [0.15, 0.2) is 30.3 Å². The van der Waals surface area contributed by atoms with Crippen LogP contribution in [0.5, 0.6) is 0 Å². The summed E-state index contributed by atoms with van der Waals surface area (Å²) >= 11 is 0.252. The average molecular weight is 223 g/mol. The maximum absolute atomic E-state index is 11.1. The van der Waals surface area contributed by atoms with Crippen LogP contribution in [-0.4, -0.2) is 20.3 Å². The molecule has 1 aromatic carbocycles. The van der Waals surface area contributed by atoms with Gasteiger partial charge in [-0.3, -0.25) is 0 Å². The summed E-state index contributed by atoms with van der Waals surface area (Å²) in [4.78, 5) is 11.1. The third-order valence-electron chi connectivity index (χ3n) is 1.77. The Balaban J connectivity index is 2.70. The van der Waals surface area contributed by atoms with Crippen LogP contribution < -0.4 is 0 Å². The van der Waals surface area contributed by atoms with Gasteiger partial charge in [-0.05, 0) is 0 Å². The quantitative estimate of drug-likeness (QED) is 0.534. The van der Waals surface area contributed by atoms with Crippen molar-refractivity contribution < 1.29 is 4.79 Å². The van der Waals surface area contributed by atoms with Crippen molar-refractivity contribution in [2.24, 2.45) is 0 Å². The molecule has 0 fully saturated rings. The first-order valence-electron chi connectivity index (χ1n) is 3.77. The first-order chi connectivity index (χ1) is 5.77. The van der Waals surface area contributed by atoms with Crippen LogP contribution in [0, 0.1) is 0 Å². The third kappa shape index (κ3) is 1.24. The van der Waals surface area contributed by atoms with Crippen molar-refractivity contribution in [2.75, 3.05) is 0 Å². The molecule has 0 aliphatic rings. The summed E-state index contributed by atoms with van der Waals surface area (Å²) in [5.41, 5.74) is 0. The number of benzene rings is 1. The van der Waals surface area contributed by atoms with Crippen LogP contribution in [0.3, 0.4) is 0 Å². The maximum atomic E-state index is 11.1. The number of carbonyl (C=O) groups excluding carboxylic acids is 1. The molecule has 0 aliphatic carbocycles. The number of carbonyl (C=O) groups is 1. The molecule has 2 heteroatoms. The van der Waals surface area contributed by atoms with Crippen LogP contribution in [0.4, 0.5) is 0 Å². The van der Waals surface area contributed by atoms with Gasteiger partial charge >= 0.3 is 76.4 Å². The Hall–Kier alpha value is -0.851. The van der Waals surface area contributed by atoms with E-state index in [2.05, 4.69) is 12.1 Å². The van der Waals surface area contributed by atoms with Crippen molar-refractivity contribution in [1.29, 1.82) is 0 Å². The fraction of sp³-hybridized carbons (Fsp3) is 0.100. The molecular weight excluding hydrogens is 215 g/mol. The fourth-order valence-electron chi connectivity index (χ4n) is 1.16. The van der Waals surface area contributed by atoms with E-state index in [1.165, 1.54) is 9.65 Å². The van der Waals surface area contributed by atoms with Crippen molar-refractivity contribution in [2.45, 2.75) is 6.92 Å². The molecule has 1 heterocycles. The van der Waals surface area contributed by atoms with Gasteiger partial charge in [-0.25, -0.2) is 0 Å². The number of Topliss-reactive ketones (excluding diaryl/α,β-unsaturated/α-hetero) is 1. The van der Waals surface area contributed by atoms with E-state index in [0.29, 0.717) is 0 Å². The molecule has 0 saturated carbocycles. The van der Waals surface area contributed by atoms with E-state index < -0.39 is 0 Å². The Labute approximate surface area is 76.8 Å². The summed E-state index contributed by atoms with van der Waals surface area (Å²) in [6, 6.07) is 10.2. The van der Waals surface area contributed by atoms with Gasteiger partial charge in [-0.2, -0.15) is 0 Å². The van der Waals surface area contributed by atoms with E-state index in [4.69, 9.17) is 0 Å². The summed E-state index contributed by atoms with van der Waals surface area (Å²) < 4.78 is 2.32. The first kappa shape index (κ1) is 7.78. The fourth-order valence-corrected chi connectivity index (χ4v) is 3.17. The molecule has 0 N–H and O–H groups in total. The van der Waals surface area contributed by atoms with Crippen LogP contribution in [0.1, 0.15) is 16.2 Å². The second-order valence-corrected chi connectivity index (χ2v) is 4.98. The monoisotopic (exact) mass is 224 g/mol. The molecule has 1 nitrogen and oxygen atoms in total. The summed E-state index contributed by atoms with van der Waals surface area (Å²) in [5, 5.41) is 1.22. The minimum atomic E-state index is 0.214. The number of ketones is 1. The van der Waals surface area contributed by atoms with Crippen molar-refractivity contribution >= 4 is 29.9 Å². The Kier molecular flexibility index (Phi) is 1.87. The molecule has 0 atom stereocenters. The van der Waals surface area contributed by atoms with Gasteiger partial charge in [0.05, 0.1) is 0 Å². The van der Waals surface area contributed by atoms with Crippen LogP contribution in [0.2, 0.25) is 0 Å². The zero-order valence-corrected chi connectivity index (χ0v) is 8.42. The molecule has 0 saturated heterocycles. The van der Waals surface area contributed by atoms with Crippen molar-refractivity contribution in [3.05, 3.63) is 34.8 Å². The standard InChI is InChI=1S/C10H8OSe/c1-7(11)10-6-8-4-2-3-5-9(8)12-10/h2-6H,1H3. The molecule has 2 aromatic rings. The van der Waals surface area contributed by atoms with Crippen LogP contribution in [0.25, 0.3) is 9.65 Å². The van der Waals surface area contributed by atoms with E-state index in [-0.39, 0.29) is 20.3 Å². The molecule has 12 heavy (non-hydrogen) atoms. The SMILES string of the molecule is CC(=O)c1cc2ccccc2[se]1. The second-order valence-electron chi connectivity index (χ2n) is 2.70. The van der Waals surface area contributed by atoms with Gasteiger partial charge in [0, 0.05) is 0 Å². The van der Waals surface area contributed by atoms with Gasteiger partial charge in [0.1, 0.15) is 0 Å². The number of hydrogen-bond donors (Lipinski definition) is 0. The Morgan fingerprint density at radius 1 is 1.33 bits per heavy atom. The van der Waals surface area contributed by atoms with E-state index in [9.17, 15) is 4.79 Å². The molecule has 0 unspecified atom stereocenters. The van der Waals surface area contributed by atoms with E-state index in [1.54, 1.807) is 6.92 Å². The number of hydrogen-bond acceptors (Lipinski definition) is 1. The molecule has 0 aliphatic heterocycles. The van der Waals surface area contributed by atoms with Gasteiger partial charge in [-0.15, -0.1) is 0 Å². The molecular formula is C10H8OSe. The van der Waals surface area contributed by atoms with Gasteiger partial charge in [-0.1, -0.05) is 0 Å². The molecule has 1 aromatic heterocycles. The Morgan fingerprint density at radius 3 is 2.75 bits per heavy atom. The zero-order chi connectivity index (χ0) is 8.55. The summed E-state index contributed by atoms with van der Waals surface area (Å²) in [5.74, 6) is 0.214. The number of fused-ring (bicyclic) bond motifs is 1. The molecule has 0 amide bonds. The third-order valence-corrected chi connectivity index (χ3v) is 4.33. The zero-order valence-electron chi connectivity index (χ0n) is 6.70. The first-order valence-corrected chi connectivity index (χ1v) is 5.48. The van der Waals surface area contributed by atoms with E-state index in [0.717, 1.165) is 4.44 Å². The average Bonchev–Trinajstić information content (AvgIpc) is 2.46. The van der Waals surface area contributed by atoms with Gasteiger partial charge < -0.3 is 0 Å². The molecule has 0 bridgehead atoms. The van der Waals surface area contributed by atoms with Crippen molar-refractivity contribution in [3.63, 3.8) is 0 Å². The van der Waals surface area contributed by atoms with Crippen LogP contribution >= 0.6 is 0 Å². The molecule has 0 radical (unpaired) electrons. The molecule has 0 spiro atoms. The Morgan fingerprint density at radius 2 is 2.08 bits per heavy atom. The van der Waals surface area contributed by atoms with E-state index in [1.807, 2.05) is 18.2 Å². The van der Waals surface area contributed by atoms with Gasteiger partial charge in [0.15, 0.2) is 0 Å².